The Bertz CT molecular complexity index is 366. The maximum Gasteiger partial charge on any atom is 0.304 e. The number of hydrogen-bond donors (Lipinski definition) is 2. The van der Waals surface area contributed by atoms with Gasteiger partial charge in [0.05, 0.1) is 6.42 Å². The van der Waals surface area contributed by atoms with Crippen LogP contribution >= 0.6 is 15.9 Å². The van der Waals surface area contributed by atoms with E-state index in [1.54, 1.807) is 0 Å². The van der Waals surface area contributed by atoms with Gasteiger partial charge in [-0.1, -0.05) is 28.1 Å². The fourth-order valence-corrected chi connectivity index (χ4v) is 1.81. The summed E-state index contributed by atoms with van der Waals surface area (Å²) < 4.78 is 0.990. The largest absolute Gasteiger partial charge is 0.481 e. The van der Waals surface area contributed by atoms with Gasteiger partial charge < -0.3 is 10.8 Å². The van der Waals surface area contributed by atoms with Crippen molar-refractivity contribution in [1.82, 2.24) is 0 Å². The highest BCUT2D eigenvalue weighted by Crippen LogP contribution is 2.24. The Morgan fingerprint density at radius 3 is 2.73 bits per heavy atom. The van der Waals surface area contributed by atoms with Crippen molar-refractivity contribution in [2.45, 2.75) is 19.3 Å². The average Bonchev–Trinajstić information content (AvgIpc) is 2.18. The van der Waals surface area contributed by atoms with E-state index in [4.69, 9.17) is 10.8 Å². The highest BCUT2D eigenvalue weighted by Gasteiger charge is 2.14. The van der Waals surface area contributed by atoms with Crippen LogP contribution in [0.1, 0.15) is 23.5 Å². The van der Waals surface area contributed by atoms with E-state index in [0.29, 0.717) is 6.54 Å². The van der Waals surface area contributed by atoms with Crippen molar-refractivity contribution in [1.29, 1.82) is 0 Å². The molecule has 0 saturated carbocycles. The van der Waals surface area contributed by atoms with Gasteiger partial charge in [-0.05, 0) is 30.7 Å². The van der Waals surface area contributed by atoms with Crippen LogP contribution in [-0.2, 0) is 4.79 Å². The van der Waals surface area contributed by atoms with Crippen molar-refractivity contribution in [3.05, 3.63) is 33.8 Å². The summed E-state index contributed by atoms with van der Waals surface area (Å²) in [6, 6.07) is 5.83. The first kappa shape index (κ1) is 12.2. The lowest BCUT2D eigenvalue weighted by Gasteiger charge is -2.13. The van der Waals surface area contributed by atoms with Gasteiger partial charge in [-0.3, -0.25) is 4.79 Å². The van der Waals surface area contributed by atoms with Gasteiger partial charge in [0.25, 0.3) is 0 Å². The zero-order chi connectivity index (χ0) is 11.4. The first-order valence-electron chi connectivity index (χ1n) is 4.72. The summed E-state index contributed by atoms with van der Waals surface area (Å²) in [5.74, 6) is -0.929. The number of benzene rings is 1. The molecule has 15 heavy (non-hydrogen) atoms. The summed E-state index contributed by atoms with van der Waals surface area (Å²) in [5, 5.41) is 8.73. The molecule has 0 saturated heterocycles. The molecule has 0 spiro atoms. The number of aliphatic carboxylic acids is 1. The number of hydrogen-bond acceptors (Lipinski definition) is 2. The smallest absolute Gasteiger partial charge is 0.304 e. The second kappa shape index (κ2) is 5.28. The Kier molecular flexibility index (Phi) is 4.29. The third-order valence-electron chi connectivity index (χ3n) is 2.37. The van der Waals surface area contributed by atoms with E-state index in [9.17, 15) is 4.79 Å². The Labute approximate surface area is 97.4 Å². The third kappa shape index (κ3) is 3.32. The minimum absolute atomic E-state index is 0.0754. The predicted octanol–water partition coefficient (Wildman–Crippen LogP) is 2.27. The van der Waals surface area contributed by atoms with Gasteiger partial charge in [-0.15, -0.1) is 0 Å². The molecule has 0 fully saturated rings. The van der Waals surface area contributed by atoms with Crippen LogP contribution in [0, 0.1) is 6.92 Å². The van der Waals surface area contributed by atoms with Gasteiger partial charge in [0.15, 0.2) is 0 Å². The summed E-state index contributed by atoms with van der Waals surface area (Å²) >= 11 is 3.42. The Hall–Kier alpha value is -0.870. The fourth-order valence-electron chi connectivity index (χ4n) is 1.41. The van der Waals surface area contributed by atoms with Gasteiger partial charge in [-0.25, -0.2) is 0 Å². The molecule has 1 rings (SSSR count). The number of nitrogens with two attached hydrogens (primary N) is 1. The van der Waals surface area contributed by atoms with Gasteiger partial charge in [-0.2, -0.15) is 0 Å². The lowest BCUT2D eigenvalue weighted by molar-refractivity contribution is -0.137. The molecule has 0 radical (unpaired) electrons. The minimum Gasteiger partial charge on any atom is -0.481 e. The van der Waals surface area contributed by atoms with E-state index < -0.39 is 5.97 Å². The normalized spacial score (nSPS) is 12.5. The second-order valence-electron chi connectivity index (χ2n) is 3.54. The molecule has 3 nitrogen and oxygen atoms in total. The van der Waals surface area contributed by atoms with Gasteiger partial charge in [0.1, 0.15) is 0 Å². The van der Waals surface area contributed by atoms with Crippen molar-refractivity contribution >= 4 is 21.9 Å². The zero-order valence-electron chi connectivity index (χ0n) is 8.53. The summed E-state index contributed by atoms with van der Waals surface area (Å²) in [6.07, 6.45) is 0.0754. The number of carbonyl (C=O) groups is 1. The van der Waals surface area contributed by atoms with E-state index >= 15 is 0 Å². The van der Waals surface area contributed by atoms with Crippen LogP contribution in [0.4, 0.5) is 0 Å². The zero-order valence-corrected chi connectivity index (χ0v) is 10.1. The molecule has 3 N–H and O–H groups in total. The molecule has 0 bridgehead atoms. The van der Waals surface area contributed by atoms with Gasteiger partial charge >= 0.3 is 5.97 Å². The summed E-state index contributed by atoms with van der Waals surface area (Å²) in [4.78, 5) is 10.6. The number of carboxylic acid groups (broad SMARTS) is 1. The highest BCUT2D eigenvalue weighted by molar-refractivity contribution is 9.10. The number of halogens is 1. The summed E-state index contributed by atoms with van der Waals surface area (Å²) in [7, 11) is 0. The van der Waals surface area contributed by atoms with Crippen LogP contribution in [0.5, 0.6) is 0 Å². The SMILES string of the molecule is Cc1ccc(C(CN)CC(=O)O)cc1Br. The first-order valence-corrected chi connectivity index (χ1v) is 5.51. The quantitative estimate of drug-likeness (QED) is 0.883. The van der Waals surface area contributed by atoms with Crippen molar-refractivity contribution in [2.24, 2.45) is 5.73 Å². The molecule has 1 atom stereocenters. The van der Waals surface area contributed by atoms with Crippen LogP contribution in [0.2, 0.25) is 0 Å². The van der Waals surface area contributed by atoms with Gasteiger partial charge in [0.2, 0.25) is 0 Å². The molecule has 0 aliphatic heterocycles. The molecule has 0 amide bonds. The van der Waals surface area contributed by atoms with E-state index in [0.717, 1.165) is 15.6 Å². The summed E-state index contributed by atoms with van der Waals surface area (Å²) in [5.41, 5.74) is 7.66. The monoisotopic (exact) mass is 271 g/mol. The standard InChI is InChI=1S/C11H14BrNO2/c1-7-2-3-8(4-10(7)12)9(6-13)5-11(14)15/h2-4,9H,5-6,13H2,1H3,(H,14,15). The van der Waals surface area contributed by atoms with Gasteiger partial charge in [0, 0.05) is 10.4 Å². The first-order chi connectivity index (χ1) is 7.04. The minimum atomic E-state index is -0.817. The molecule has 82 valence electrons. The number of carboxylic acids is 1. The van der Waals surface area contributed by atoms with Crippen molar-refractivity contribution in [3.63, 3.8) is 0 Å². The van der Waals surface area contributed by atoms with E-state index in [1.807, 2.05) is 25.1 Å². The maximum atomic E-state index is 10.6. The molecular formula is C11H14BrNO2. The molecule has 1 aromatic rings. The van der Waals surface area contributed by atoms with Crippen LogP contribution in [-0.4, -0.2) is 17.6 Å². The second-order valence-corrected chi connectivity index (χ2v) is 4.39. The van der Waals surface area contributed by atoms with Crippen molar-refractivity contribution in [3.8, 4) is 0 Å². The van der Waals surface area contributed by atoms with Crippen molar-refractivity contribution < 1.29 is 9.90 Å². The lowest BCUT2D eigenvalue weighted by Crippen LogP contribution is -2.16. The Morgan fingerprint density at radius 1 is 1.60 bits per heavy atom. The van der Waals surface area contributed by atoms with E-state index in [-0.39, 0.29) is 12.3 Å². The van der Waals surface area contributed by atoms with Crippen LogP contribution < -0.4 is 5.73 Å². The highest BCUT2D eigenvalue weighted by atomic mass is 79.9. The van der Waals surface area contributed by atoms with E-state index in [1.165, 1.54) is 0 Å². The summed E-state index contributed by atoms with van der Waals surface area (Å²) in [6.45, 7) is 2.34. The third-order valence-corrected chi connectivity index (χ3v) is 3.23. The number of aryl methyl sites for hydroxylation is 1. The van der Waals surface area contributed by atoms with Crippen LogP contribution in [0.15, 0.2) is 22.7 Å². The predicted molar refractivity (Wildman–Crippen MR) is 62.9 cm³/mol. The molecule has 1 aromatic carbocycles. The Balaban J connectivity index is 2.92. The number of rotatable bonds is 4. The molecule has 4 heteroatoms. The molecular weight excluding hydrogens is 258 g/mol. The molecule has 0 aromatic heterocycles. The van der Waals surface area contributed by atoms with Crippen LogP contribution in [0.25, 0.3) is 0 Å². The average molecular weight is 272 g/mol. The fraction of sp³-hybridized carbons (Fsp3) is 0.364. The molecule has 0 aliphatic carbocycles. The van der Waals surface area contributed by atoms with Crippen molar-refractivity contribution in [2.75, 3.05) is 6.54 Å². The topological polar surface area (TPSA) is 63.3 Å². The van der Waals surface area contributed by atoms with Crippen LogP contribution in [0.3, 0.4) is 0 Å². The maximum absolute atomic E-state index is 10.6. The lowest BCUT2D eigenvalue weighted by atomic mass is 9.95. The van der Waals surface area contributed by atoms with E-state index in [2.05, 4.69) is 15.9 Å². The molecule has 0 heterocycles. The molecule has 1 unspecified atom stereocenters. The Morgan fingerprint density at radius 2 is 2.27 bits per heavy atom. The molecule has 0 aliphatic rings.